The standard InChI is InChI=1S/C13H10ClN5O2/c1-7-4-11(19-13(17-7)15-6-16-19)18-8-2-3-9(12(20)21)10(14)5-8/h2-6,18H,1H3,(H,20,21). The van der Waals surface area contributed by atoms with E-state index in [4.69, 9.17) is 16.7 Å². The SMILES string of the molecule is Cc1cc(Nc2ccc(C(=O)O)c(Cl)c2)n2ncnc2n1. The second-order valence-corrected chi connectivity index (χ2v) is 4.79. The average molecular weight is 304 g/mol. The number of nitrogens with zero attached hydrogens (tertiary/aromatic N) is 4. The first kappa shape index (κ1) is 13.3. The third-order valence-corrected chi connectivity index (χ3v) is 3.16. The lowest BCUT2D eigenvalue weighted by atomic mass is 10.2. The van der Waals surface area contributed by atoms with Gasteiger partial charge in [0.05, 0.1) is 10.6 Å². The minimum Gasteiger partial charge on any atom is -0.478 e. The maximum atomic E-state index is 10.9. The molecule has 0 bridgehead atoms. The van der Waals surface area contributed by atoms with Crippen LogP contribution in [0.5, 0.6) is 0 Å². The molecule has 0 aliphatic carbocycles. The molecule has 3 aromatic rings. The molecule has 1 aromatic carbocycles. The Labute approximate surface area is 124 Å². The summed E-state index contributed by atoms with van der Waals surface area (Å²) in [5.41, 5.74) is 1.48. The molecule has 2 aromatic heterocycles. The number of carboxylic acid groups (broad SMARTS) is 1. The summed E-state index contributed by atoms with van der Waals surface area (Å²) in [6.07, 6.45) is 1.41. The van der Waals surface area contributed by atoms with Gasteiger partial charge in [0.1, 0.15) is 12.1 Å². The molecule has 0 radical (unpaired) electrons. The Bertz CT molecular complexity index is 846. The summed E-state index contributed by atoms with van der Waals surface area (Å²) >= 11 is 5.95. The van der Waals surface area contributed by atoms with Gasteiger partial charge in [-0.25, -0.2) is 9.78 Å². The van der Waals surface area contributed by atoms with Crippen molar-refractivity contribution in [2.24, 2.45) is 0 Å². The number of halogens is 1. The average Bonchev–Trinajstić information content (AvgIpc) is 2.86. The molecule has 7 nitrogen and oxygen atoms in total. The zero-order valence-corrected chi connectivity index (χ0v) is 11.7. The number of aryl methyl sites for hydroxylation is 1. The van der Waals surface area contributed by atoms with Gasteiger partial charge in [0.2, 0.25) is 0 Å². The predicted octanol–water partition coefficient (Wildman–Crippen LogP) is 2.53. The van der Waals surface area contributed by atoms with Gasteiger partial charge in [-0.1, -0.05) is 11.6 Å². The fraction of sp³-hybridized carbons (Fsp3) is 0.0769. The largest absolute Gasteiger partial charge is 0.478 e. The van der Waals surface area contributed by atoms with E-state index in [1.54, 1.807) is 22.7 Å². The first-order valence-corrected chi connectivity index (χ1v) is 6.39. The van der Waals surface area contributed by atoms with Crippen LogP contribution in [-0.2, 0) is 0 Å². The van der Waals surface area contributed by atoms with Gasteiger partial charge in [0, 0.05) is 17.4 Å². The lowest BCUT2D eigenvalue weighted by Crippen LogP contribution is -2.03. The monoisotopic (exact) mass is 303 g/mol. The van der Waals surface area contributed by atoms with E-state index < -0.39 is 5.97 Å². The summed E-state index contributed by atoms with van der Waals surface area (Å²) in [7, 11) is 0. The molecule has 0 aliphatic heterocycles. The minimum atomic E-state index is -1.06. The Morgan fingerprint density at radius 2 is 2.19 bits per heavy atom. The summed E-state index contributed by atoms with van der Waals surface area (Å²) < 4.78 is 1.55. The first-order valence-electron chi connectivity index (χ1n) is 6.02. The summed E-state index contributed by atoms with van der Waals surface area (Å²) in [5, 5.41) is 16.3. The molecule has 0 atom stereocenters. The third kappa shape index (κ3) is 2.50. The molecule has 0 unspecified atom stereocenters. The number of hydrogen-bond donors (Lipinski definition) is 2. The number of hydrogen-bond acceptors (Lipinski definition) is 5. The molecule has 21 heavy (non-hydrogen) atoms. The number of aromatic carboxylic acids is 1. The highest BCUT2D eigenvalue weighted by Crippen LogP contribution is 2.24. The quantitative estimate of drug-likeness (QED) is 0.772. The van der Waals surface area contributed by atoms with E-state index in [0.29, 0.717) is 17.3 Å². The number of carboxylic acids is 1. The second kappa shape index (κ2) is 5.02. The number of rotatable bonds is 3. The number of anilines is 2. The van der Waals surface area contributed by atoms with Crippen molar-refractivity contribution < 1.29 is 9.90 Å². The van der Waals surface area contributed by atoms with E-state index in [2.05, 4.69) is 20.4 Å². The molecule has 8 heteroatoms. The van der Waals surface area contributed by atoms with Gasteiger partial charge in [0.15, 0.2) is 0 Å². The number of nitrogens with one attached hydrogen (secondary N) is 1. The van der Waals surface area contributed by atoms with E-state index in [-0.39, 0.29) is 10.6 Å². The number of fused-ring (bicyclic) bond motifs is 1. The summed E-state index contributed by atoms with van der Waals surface area (Å²) in [5.74, 6) is 0.0740. The van der Waals surface area contributed by atoms with Gasteiger partial charge >= 0.3 is 5.97 Å². The van der Waals surface area contributed by atoms with Crippen LogP contribution < -0.4 is 5.32 Å². The molecular weight excluding hydrogens is 294 g/mol. The first-order chi connectivity index (χ1) is 10.0. The topological polar surface area (TPSA) is 92.4 Å². The Morgan fingerprint density at radius 1 is 1.38 bits per heavy atom. The van der Waals surface area contributed by atoms with Gasteiger partial charge in [-0.2, -0.15) is 14.6 Å². The van der Waals surface area contributed by atoms with Crippen LogP contribution in [0.2, 0.25) is 5.02 Å². The predicted molar refractivity (Wildman–Crippen MR) is 77.2 cm³/mol. The van der Waals surface area contributed by atoms with Crippen molar-refractivity contribution in [1.29, 1.82) is 0 Å². The Kier molecular flexibility index (Phi) is 3.19. The molecule has 0 aliphatic rings. The van der Waals surface area contributed by atoms with Gasteiger partial charge in [-0.05, 0) is 25.1 Å². The lowest BCUT2D eigenvalue weighted by molar-refractivity contribution is 0.0697. The smallest absolute Gasteiger partial charge is 0.337 e. The molecule has 0 spiro atoms. The summed E-state index contributed by atoms with van der Waals surface area (Å²) in [6.45, 7) is 1.85. The van der Waals surface area contributed by atoms with Crippen LogP contribution in [0.3, 0.4) is 0 Å². The fourth-order valence-corrected chi connectivity index (χ4v) is 2.20. The fourth-order valence-electron chi connectivity index (χ4n) is 1.93. The van der Waals surface area contributed by atoms with E-state index >= 15 is 0 Å². The highest BCUT2D eigenvalue weighted by Gasteiger charge is 2.10. The van der Waals surface area contributed by atoms with Crippen LogP contribution in [0.25, 0.3) is 5.78 Å². The van der Waals surface area contributed by atoms with E-state index in [9.17, 15) is 4.79 Å². The van der Waals surface area contributed by atoms with Gasteiger partial charge in [-0.3, -0.25) is 0 Å². The van der Waals surface area contributed by atoms with Crippen molar-refractivity contribution in [2.45, 2.75) is 6.92 Å². The van der Waals surface area contributed by atoms with Crippen LogP contribution in [0.4, 0.5) is 11.5 Å². The molecule has 2 N–H and O–H groups in total. The molecule has 3 rings (SSSR count). The summed E-state index contributed by atoms with van der Waals surface area (Å²) in [6, 6.07) is 6.43. The number of carbonyl (C=O) groups is 1. The van der Waals surface area contributed by atoms with Crippen LogP contribution in [0.15, 0.2) is 30.6 Å². The molecule has 0 fully saturated rings. The second-order valence-electron chi connectivity index (χ2n) is 4.38. The normalized spacial score (nSPS) is 10.8. The molecule has 0 saturated carbocycles. The minimum absolute atomic E-state index is 0.0547. The highest BCUT2D eigenvalue weighted by molar-refractivity contribution is 6.33. The molecule has 106 valence electrons. The van der Waals surface area contributed by atoms with E-state index in [0.717, 1.165) is 5.69 Å². The third-order valence-electron chi connectivity index (χ3n) is 2.85. The zero-order valence-electron chi connectivity index (χ0n) is 10.9. The van der Waals surface area contributed by atoms with E-state index in [1.807, 2.05) is 6.92 Å². The molecule has 2 heterocycles. The van der Waals surface area contributed by atoms with Crippen molar-refractivity contribution in [3.8, 4) is 0 Å². The Hall–Kier alpha value is -2.67. The number of aromatic nitrogens is 4. The molecule has 0 saturated heterocycles. The molecular formula is C13H10ClN5O2. The Balaban J connectivity index is 2.00. The van der Waals surface area contributed by atoms with Crippen LogP contribution in [0, 0.1) is 6.92 Å². The summed E-state index contributed by atoms with van der Waals surface area (Å²) in [4.78, 5) is 19.2. The van der Waals surface area contributed by atoms with Crippen molar-refractivity contribution >= 4 is 34.9 Å². The van der Waals surface area contributed by atoms with Crippen LogP contribution >= 0.6 is 11.6 Å². The highest BCUT2D eigenvalue weighted by atomic mass is 35.5. The van der Waals surface area contributed by atoms with Crippen LogP contribution in [-0.4, -0.2) is 30.7 Å². The number of benzene rings is 1. The van der Waals surface area contributed by atoms with Gasteiger partial charge in [0.25, 0.3) is 5.78 Å². The maximum Gasteiger partial charge on any atom is 0.337 e. The van der Waals surface area contributed by atoms with Gasteiger partial charge in [-0.15, -0.1) is 0 Å². The van der Waals surface area contributed by atoms with Crippen molar-refractivity contribution in [3.63, 3.8) is 0 Å². The molecule has 0 amide bonds. The van der Waals surface area contributed by atoms with E-state index in [1.165, 1.54) is 12.4 Å². The van der Waals surface area contributed by atoms with Gasteiger partial charge < -0.3 is 10.4 Å². The maximum absolute atomic E-state index is 10.9. The Morgan fingerprint density at radius 3 is 2.90 bits per heavy atom. The van der Waals surface area contributed by atoms with Crippen molar-refractivity contribution in [2.75, 3.05) is 5.32 Å². The van der Waals surface area contributed by atoms with Crippen molar-refractivity contribution in [1.82, 2.24) is 19.6 Å². The van der Waals surface area contributed by atoms with Crippen molar-refractivity contribution in [3.05, 3.63) is 46.9 Å². The van der Waals surface area contributed by atoms with Crippen LogP contribution in [0.1, 0.15) is 16.1 Å². The zero-order chi connectivity index (χ0) is 15.0. The lowest BCUT2D eigenvalue weighted by Gasteiger charge is -2.09.